The van der Waals surface area contributed by atoms with E-state index in [1.54, 1.807) is 0 Å². The first-order valence-corrected chi connectivity index (χ1v) is 16.9. The number of hydrogen-bond donors (Lipinski definition) is 6. The van der Waals surface area contributed by atoms with E-state index in [1.165, 1.54) is 89.9 Å². The molecule has 0 aromatic heterocycles. The van der Waals surface area contributed by atoms with Crippen LogP contribution in [0, 0.1) is 0 Å². The van der Waals surface area contributed by atoms with Gasteiger partial charge in [-0.3, -0.25) is 0 Å². The summed E-state index contributed by atoms with van der Waals surface area (Å²) in [5.41, 5.74) is 0. The first-order valence-electron chi connectivity index (χ1n) is 13.2. The maximum atomic E-state index is 10.3. The third-order valence-corrected chi connectivity index (χ3v) is 8.40. The Morgan fingerprint density at radius 3 is 0.812 bits per heavy atom. The molecule has 32 heavy (non-hydrogen) atoms. The SMILES string of the molecule is CCCCCCCCCCCCP(O)(O)(O)CCCCCCCCCCCC.OP(O)O. The van der Waals surface area contributed by atoms with Crippen LogP contribution in [0.5, 0.6) is 0 Å². The van der Waals surface area contributed by atoms with Gasteiger partial charge in [0.05, 0.1) is 0 Å². The van der Waals surface area contributed by atoms with Crippen molar-refractivity contribution in [1.82, 2.24) is 0 Å². The summed E-state index contributed by atoms with van der Waals surface area (Å²) in [6, 6.07) is 0. The molecule has 0 radical (unpaired) electrons. The van der Waals surface area contributed by atoms with E-state index in [4.69, 9.17) is 14.7 Å². The predicted octanol–water partition coefficient (Wildman–Crippen LogP) is 7.29. The van der Waals surface area contributed by atoms with Gasteiger partial charge in [-0.05, 0) is 0 Å². The van der Waals surface area contributed by atoms with Crippen molar-refractivity contribution in [1.29, 1.82) is 0 Å². The van der Waals surface area contributed by atoms with E-state index in [0.29, 0.717) is 0 Å². The molecule has 0 fully saturated rings. The number of rotatable bonds is 22. The molecular formula is C24H56O6P2. The van der Waals surface area contributed by atoms with E-state index in [0.717, 1.165) is 38.5 Å². The van der Waals surface area contributed by atoms with Crippen molar-refractivity contribution in [2.75, 3.05) is 12.3 Å². The molecule has 6 N–H and O–H groups in total. The van der Waals surface area contributed by atoms with Crippen LogP contribution in [0.4, 0.5) is 0 Å². The summed E-state index contributed by atoms with van der Waals surface area (Å²) in [7, 11) is -6.98. The molecule has 0 unspecified atom stereocenters. The Morgan fingerprint density at radius 2 is 0.594 bits per heavy atom. The normalized spacial score (nSPS) is 13.0. The molecule has 0 saturated heterocycles. The second kappa shape index (κ2) is 23.4. The van der Waals surface area contributed by atoms with Crippen LogP contribution in [-0.2, 0) is 0 Å². The fourth-order valence-electron chi connectivity index (χ4n) is 3.96. The summed E-state index contributed by atoms with van der Waals surface area (Å²) >= 11 is 0. The van der Waals surface area contributed by atoms with Gasteiger partial charge in [-0.25, -0.2) is 0 Å². The number of unbranched alkanes of at least 4 members (excludes halogenated alkanes) is 18. The summed E-state index contributed by atoms with van der Waals surface area (Å²) in [6.07, 6.45) is 24.7. The monoisotopic (exact) mass is 502 g/mol. The van der Waals surface area contributed by atoms with Gasteiger partial charge in [0.1, 0.15) is 0 Å². The van der Waals surface area contributed by atoms with E-state index >= 15 is 0 Å². The standard InChI is InChI=1S/C24H53O3P.H3O3P/c1-3-5-7-9-11-13-15-17-19-21-23-28(25,26,27)24-22-20-18-16-14-12-10-8-6-4-2;1-4(2)3/h25-27H,3-24H2,1-2H3;1-3H. The molecule has 0 amide bonds. The van der Waals surface area contributed by atoms with Gasteiger partial charge in [0.25, 0.3) is 0 Å². The third-order valence-electron chi connectivity index (χ3n) is 5.94. The van der Waals surface area contributed by atoms with E-state index in [2.05, 4.69) is 13.8 Å². The van der Waals surface area contributed by atoms with Gasteiger partial charge in [0.15, 0.2) is 0 Å². The molecular weight excluding hydrogens is 446 g/mol. The molecule has 0 spiro atoms. The van der Waals surface area contributed by atoms with E-state index in [9.17, 15) is 14.7 Å². The zero-order valence-electron chi connectivity index (χ0n) is 21.1. The van der Waals surface area contributed by atoms with Crippen molar-refractivity contribution in [3.8, 4) is 0 Å². The second-order valence-electron chi connectivity index (χ2n) is 9.42. The quantitative estimate of drug-likeness (QED) is 0.0683. The summed E-state index contributed by atoms with van der Waals surface area (Å²) in [4.78, 5) is 52.5. The van der Waals surface area contributed by atoms with Crippen LogP contribution in [0.25, 0.3) is 0 Å². The zero-order chi connectivity index (χ0) is 24.6. The van der Waals surface area contributed by atoms with Gasteiger partial charge in [0.2, 0.25) is 0 Å². The fourth-order valence-corrected chi connectivity index (χ4v) is 5.92. The Morgan fingerprint density at radius 1 is 0.406 bits per heavy atom. The van der Waals surface area contributed by atoms with Gasteiger partial charge in [-0.1, -0.05) is 0 Å². The Balaban J connectivity index is 0. The van der Waals surface area contributed by atoms with E-state index in [1.807, 2.05) is 0 Å². The molecule has 0 aromatic rings. The van der Waals surface area contributed by atoms with Gasteiger partial charge >= 0.3 is 185 Å². The Labute approximate surface area is 200 Å². The molecule has 0 atom stereocenters. The van der Waals surface area contributed by atoms with Crippen LogP contribution in [-0.4, -0.2) is 41.7 Å². The van der Waals surface area contributed by atoms with Gasteiger partial charge < -0.3 is 14.7 Å². The summed E-state index contributed by atoms with van der Waals surface area (Å²) in [5, 5.41) is 0. The molecule has 0 rings (SSSR count). The van der Waals surface area contributed by atoms with Crippen LogP contribution >= 0.6 is 15.9 Å². The molecule has 0 bridgehead atoms. The van der Waals surface area contributed by atoms with Crippen LogP contribution in [0.2, 0.25) is 0 Å². The molecule has 0 saturated carbocycles. The molecule has 8 heteroatoms. The summed E-state index contributed by atoms with van der Waals surface area (Å²) in [6.45, 7) is 4.49. The summed E-state index contributed by atoms with van der Waals surface area (Å²) in [5.74, 6) is 0. The van der Waals surface area contributed by atoms with E-state index in [-0.39, 0.29) is 12.3 Å². The Bertz CT molecular complexity index is 344. The fraction of sp³-hybridized carbons (Fsp3) is 1.00. The van der Waals surface area contributed by atoms with Gasteiger partial charge in [0, 0.05) is 0 Å². The maximum absolute atomic E-state index is 10.3. The minimum atomic E-state index is -4.36. The Kier molecular flexibility index (Phi) is 25.4. The average Bonchev–Trinajstić information content (AvgIpc) is 2.70. The van der Waals surface area contributed by atoms with Crippen LogP contribution < -0.4 is 0 Å². The molecule has 0 heterocycles. The minimum absolute atomic E-state index is 0.208. The second-order valence-corrected chi connectivity index (χ2v) is 13.5. The summed E-state index contributed by atoms with van der Waals surface area (Å²) < 4.78 is 0. The molecule has 0 aliphatic rings. The van der Waals surface area contributed by atoms with Crippen LogP contribution in [0.3, 0.4) is 0 Å². The predicted molar refractivity (Wildman–Crippen MR) is 141 cm³/mol. The van der Waals surface area contributed by atoms with Crippen molar-refractivity contribution in [3.05, 3.63) is 0 Å². The molecule has 198 valence electrons. The van der Waals surface area contributed by atoms with Crippen molar-refractivity contribution < 1.29 is 29.4 Å². The zero-order valence-corrected chi connectivity index (χ0v) is 22.9. The topological polar surface area (TPSA) is 121 Å². The first-order chi connectivity index (χ1) is 15.1. The van der Waals surface area contributed by atoms with Crippen molar-refractivity contribution in [2.45, 2.75) is 142 Å². The van der Waals surface area contributed by atoms with Crippen molar-refractivity contribution in [3.63, 3.8) is 0 Å². The molecule has 0 aliphatic heterocycles. The van der Waals surface area contributed by atoms with Crippen LogP contribution in [0.15, 0.2) is 0 Å². The number of hydrogen-bond acceptors (Lipinski definition) is 6. The Hall–Kier alpha value is 0.620. The molecule has 0 aliphatic carbocycles. The van der Waals surface area contributed by atoms with Crippen molar-refractivity contribution in [2.24, 2.45) is 0 Å². The van der Waals surface area contributed by atoms with Crippen molar-refractivity contribution >= 4 is 15.9 Å². The van der Waals surface area contributed by atoms with Gasteiger partial charge in [-0.2, -0.15) is 0 Å². The first kappa shape index (κ1) is 34.8. The molecule has 6 nitrogen and oxygen atoms in total. The molecule has 0 aromatic carbocycles. The average molecular weight is 503 g/mol. The minimum Gasteiger partial charge on any atom is -0.328 e. The van der Waals surface area contributed by atoms with Crippen LogP contribution in [0.1, 0.15) is 142 Å². The van der Waals surface area contributed by atoms with Gasteiger partial charge in [-0.15, -0.1) is 0 Å². The smallest absolute Gasteiger partial charge is 0.328 e. The third kappa shape index (κ3) is 32.8. The van der Waals surface area contributed by atoms with E-state index < -0.39 is 15.9 Å².